The van der Waals surface area contributed by atoms with Gasteiger partial charge in [0, 0.05) is 15.6 Å². The summed E-state index contributed by atoms with van der Waals surface area (Å²) in [5.74, 6) is 0.233. The van der Waals surface area contributed by atoms with Crippen molar-refractivity contribution >= 4 is 63.4 Å². The molecule has 2 aromatic carbocycles. The van der Waals surface area contributed by atoms with Crippen LogP contribution in [0.2, 0.25) is 10.0 Å². The third-order valence-corrected chi connectivity index (χ3v) is 7.39. The van der Waals surface area contributed by atoms with E-state index in [9.17, 15) is 9.59 Å². The van der Waals surface area contributed by atoms with Crippen molar-refractivity contribution in [3.63, 3.8) is 0 Å². The summed E-state index contributed by atoms with van der Waals surface area (Å²) in [6, 6.07) is 15.2. The van der Waals surface area contributed by atoms with Gasteiger partial charge in [0.05, 0.1) is 16.8 Å². The summed E-state index contributed by atoms with van der Waals surface area (Å²) < 4.78 is 0. The maximum Gasteiger partial charge on any atom is 0.261 e. The molecule has 0 saturated heterocycles. The minimum Gasteiger partial charge on any atom is -0.301 e. The molecule has 0 amide bonds. The van der Waals surface area contributed by atoms with E-state index in [1.54, 1.807) is 0 Å². The molecule has 0 aliphatic heterocycles. The molecule has 0 spiro atoms. The van der Waals surface area contributed by atoms with Gasteiger partial charge in [-0.15, -0.1) is 0 Å². The molecule has 2 aromatic heterocycles. The summed E-state index contributed by atoms with van der Waals surface area (Å²) in [4.78, 5) is 37.2. The van der Waals surface area contributed by atoms with Gasteiger partial charge in [-0.05, 0) is 78.8 Å². The molecule has 5 nitrogen and oxygen atoms in total. The zero-order chi connectivity index (χ0) is 24.5. The van der Waals surface area contributed by atoms with Gasteiger partial charge in [-0.2, -0.15) is 0 Å². The molecule has 2 heterocycles. The number of rotatable bonds is 5. The van der Waals surface area contributed by atoms with E-state index in [0.29, 0.717) is 26.2 Å². The van der Waals surface area contributed by atoms with Gasteiger partial charge >= 0.3 is 0 Å². The number of fused-ring (bicyclic) bond motifs is 2. The summed E-state index contributed by atoms with van der Waals surface area (Å²) in [5, 5.41) is 2.14. The Morgan fingerprint density at radius 2 is 1.71 bits per heavy atom. The molecule has 0 saturated carbocycles. The normalized spacial score (nSPS) is 14.3. The standard InChI is InChI=1S/C27H21Cl2N3O2S/c1-15(33)14-35-27-31-25-23(26(34)32-27)22(17-7-11-20(29)12-8-17)21-4-2-3-18(24(21)30-25)13-16-5-9-19(28)10-6-16/h5-13H,2-4,14H2,1H3,(H,30,31,32,34)/b18-13+. The quantitative estimate of drug-likeness (QED) is 0.229. The Morgan fingerprint density at radius 3 is 2.40 bits per heavy atom. The van der Waals surface area contributed by atoms with Crippen molar-refractivity contribution in [2.45, 2.75) is 31.3 Å². The van der Waals surface area contributed by atoms with E-state index < -0.39 is 0 Å². The second kappa shape index (κ2) is 9.97. The number of benzene rings is 2. The molecule has 1 aliphatic rings. The lowest BCUT2D eigenvalue weighted by Crippen LogP contribution is -2.16. The molecule has 35 heavy (non-hydrogen) atoms. The zero-order valence-corrected chi connectivity index (χ0v) is 21.2. The van der Waals surface area contributed by atoms with E-state index >= 15 is 0 Å². The van der Waals surface area contributed by atoms with Crippen LogP contribution in [0.3, 0.4) is 0 Å². The molecule has 0 bridgehead atoms. The van der Waals surface area contributed by atoms with Crippen LogP contribution in [0.4, 0.5) is 0 Å². The highest BCUT2D eigenvalue weighted by molar-refractivity contribution is 7.99. The first-order valence-electron chi connectivity index (χ1n) is 11.2. The number of halogens is 2. The van der Waals surface area contributed by atoms with E-state index in [-0.39, 0.29) is 17.1 Å². The van der Waals surface area contributed by atoms with Crippen LogP contribution >= 0.6 is 35.0 Å². The highest BCUT2D eigenvalue weighted by Gasteiger charge is 2.25. The van der Waals surface area contributed by atoms with Crippen LogP contribution in [0.5, 0.6) is 0 Å². The van der Waals surface area contributed by atoms with E-state index in [1.165, 1.54) is 18.7 Å². The maximum absolute atomic E-state index is 13.3. The average Bonchev–Trinajstić information content (AvgIpc) is 2.84. The summed E-state index contributed by atoms with van der Waals surface area (Å²) in [5.41, 5.74) is 5.83. The topological polar surface area (TPSA) is 75.7 Å². The number of carbonyl (C=O) groups is 1. The number of pyridine rings is 1. The predicted molar refractivity (Wildman–Crippen MR) is 144 cm³/mol. The van der Waals surface area contributed by atoms with Crippen molar-refractivity contribution in [2.75, 3.05) is 5.75 Å². The van der Waals surface area contributed by atoms with E-state index in [4.69, 9.17) is 28.2 Å². The van der Waals surface area contributed by atoms with Crippen molar-refractivity contribution in [3.8, 4) is 11.1 Å². The highest BCUT2D eigenvalue weighted by atomic mass is 35.5. The van der Waals surface area contributed by atoms with Gasteiger partial charge in [0.2, 0.25) is 0 Å². The first-order chi connectivity index (χ1) is 16.9. The Labute approximate surface area is 216 Å². The zero-order valence-electron chi connectivity index (χ0n) is 18.9. The predicted octanol–water partition coefficient (Wildman–Crippen LogP) is 6.85. The number of thioether (sulfide) groups is 1. The molecule has 0 unspecified atom stereocenters. The first-order valence-corrected chi connectivity index (χ1v) is 12.9. The van der Waals surface area contributed by atoms with E-state index in [0.717, 1.165) is 52.8 Å². The molecule has 5 rings (SSSR count). The summed E-state index contributed by atoms with van der Waals surface area (Å²) in [6.07, 6.45) is 4.73. The second-order valence-electron chi connectivity index (χ2n) is 8.46. The van der Waals surface area contributed by atoms with Gasteiger partial charge < -0.3 is 4.98 Å². The van der Waals surface area contributed by atoms with Gasteiger partial charge in [0.25, 0.3) is 5.56 Å². The largest absolute Gasteiger partial charge is 0.301 e. The molecule has 0 fully saturated rings. The number of carbonyl (C=O) groups excluding carboxylic acids is 1. The fourth-order valence-corrected chi connectivity index (χ4v) is 5.26. The smallest absolute Gasteiger partial charge is 0.261 e. The first kappa shape index (κ1) is 23.8. The number of nitrogens with zero attached hydrogens (tertiary/aromatic N) is 2. The number of H-pyrrole nitrogens is 1. The lowest BCUT2D eigenvalue weighted by Gasteiger charge is -2.23. The fourth-order valence-electron chi connectivity index (χ4n) is 4.35. The Bertz CT molecular complexity index is 1530. The Hall–Kier alpha value is -2.93. The minimum atomic E-state index is -0.268. The lowest BCUT2D eigenvalue weighted by atomic mass is 9.84. The number of allylic oxidation sites excluding steroid dienone is 1. The van der Waals surface area contributed by atoms with E-state index in [1.807, 2.05) is 48.5 Å². The van der Waals surface area contributed by atoms with Crippen molar-refractivity contribution in [1.29, 1.82) is 0 Å². The van der Waals surface area contributed by atoms with Crippen LogP contribution in [-0.2, 0) is 11.2 Å². The molecule has 8 heteroatoms. The lowest BCUT2D eigenvalue weighted by molar-refractivity contribution is -0.114. The molecule has 1 aliphatic carbocycles. The van der Waals surface area contributed by atoms with Crippen molar-refractivity contribution in [3.05, 3.63) is 85.8 Å². The Kier molecular flexibility index (Phi) is 6.78. The van der Waals surface area contributed by atoms with Crippen LogP contribution in [0.15, 0.2) is 58.5 Å². The van der Waals surface area contributed by atoms with Crippen molar-refractivity contribution in [1.82, 2.24) is 15.0 Å². The molecule has 0 radical (unpaired) electrons. The van der Waals surface area contributed by atoms with Crippen LogP contribution in [-0.4, -0.2) is 26.5 Å². The SMILES string of the molecule is CC(=O)CSc1nc2nc3c(c(-c4ccc(Cl)cc4)c2c(=O)[nH]1)CCC/C3=C\c1ccc(Cl)cc1. The van der Waals surface area contributed by atoms with Crippen molar-refractivity contribution < 1.29 is 4.79 Å². The monoisotopic (exact) mass is 521 g/mol. The van der Waals surface area contributed by atoms with Crippen LogP contribution in [0.25, 0.3) is 33.8 Å². The molecule has 176 valence electrons. The van der Waals surface area contributed by atoms with Gasteiger partial charge in [0.1, 0.15) is 5.78 Å². The van der Waals surface area contributed by atoms with Gasteiger partial charge in [-0.1, -0.05) is 59.2 Å². The second-order valence-corrected chi connectivity index (χ2v) is 10.3. The fraction of sp³-hybridized carbons (Fsp3) is 0.185. The summed E-state index contributed by atoms with van der Waals surface area (Å²) in [7, 11) is 0. The third-order valence-electron chi connectivity index (χ3n) is 5.87. The van der Waals surface area contributed by atoms with Crippen LogP contribution in [0.1, 0.15) is 36.6 Å². The number of aromatic amines is 1. The number of hydrogen-bond donors (Lipinski definition) is 1. The Balaban J connectivity index is 1.77. The number of hydrogen-bond acceptors (Lipinski definition) is 5. The van der Waals surface area contributed by atoms with Crippen LogP contribution in [0, 0.1) is 0 Å². The number of ketones is 1. The average molecular weight is 522 g/mol. The van der Waals surface area contributed by atoms with Gasteiger partial charge in [0.15, 0.2) is 10.8 Å². The summed E-state index contributed by atoms with van der Waals surface area (Å²) >= 11 is 13.4. The maximum atomic E-state index is 13.3. The van der Waals surface area contributed by atoms with Crippen LogP contribution < -0.4 is 5.56 Å². The highest BCUT2D eigenvalue weighted by Crippen LogP contribution is 2.40. The number of nitrogens with one attached hydrogen (secondary N) is 1. The third kappa shape index (κ3) is 5.06. The summed E-state index contributed by atoms with van der Waals surface area (Å²) in [6.45, 7) is 1.51. The number of aromatic nitrogens is 3. The Morgan fingerprint density at radius 1 is 1.03 bits per heavy atom. The molecular weight excluding hydrogens is 501 g/mol. The molecule has 4 aromatic rings. The molecule has 1 N–H and O–H groups in total. The van der Waals surface area contributed by atoms with Crippen molar-refractivity contribution in [2.24, 2.45) is 0 Å². The van der Waals surface area contributed by atoms with E-state index in [2.05, 4.69) is 16.0 Å². The molecule has 0 atom stereocenters. The van der Waals surface area contributed by atoms with Gasteiger partial charge in [-0.3, -0.25) is 9.59 Å². The minimum absolute atomic E-state index is 0.00573. The van der Waals surface area contributed by atoms with Gasteiger partial charge in [-0.25, -0.2) is 9.97 Å². The molecular formula is C27H21Cl2N3O2S. The number of Topliss-reactive ketones (excluding diaryl/α,β-unsaturated/α-hetero) is 1.